The van der Waals surface area contributed by atoms with Gasteiger partial charge in [0, 0.05) is 31.3 Å². The van der Waals surface area contributed by atoms with E-state index >= 15 is 0 Å². The summed E-state index contributed by atoms with van der Waals surface area (Å²) in [6.07, 6.45) is 0.681. The molecular formula is C20H20F2N2O3. The highest BCUT2D eigenvalue weighted by atomic mass is 19.2. The highest BCUT2D eigenvalue weighted by molar-refractivity contribution is 6.00. The van der Waals surface area contributed by atoms with Crippen molar-refractivity contribution in [1.29, 1.82) is 0 Å². The summed E-state index contributed by atoms with van der Waals surface area (Å²) in [5, 5.41) is 2.83. The number of anilines is 1. The summed E-state index contributed by atoms with van der Waals surface area (Å²) < 4.78 is 31.6. The van der Waals surface area contributed by atoms with E-state index in [-0.39, 0.29) is 30.5 Å². The molecule has 0 saturated carbocycles. The number of rotatable bonds is 6. The molecule has 0 bridgehead atoms. The maximum Gasteiger partial charge on any atom is 0.227 e. The van der Waals surface area contributed by atoms with Gasteiger partial charge in [-0.3, -0.25) is 9.59 Å². The minimum absolute atomic E-state index is 0.0456. The third-order valence-corrected chi connectivity index (χ3v) is 4.56. The highest BCUT2D eigenvalue weighted by Gasteiger charge is 2.35. The third kappa shape index (κ3) is 4.42. The molecule has 142 valence electrons. The maximum absolute atomic E-state index is 13.4. The van der Waals surface area contributed by atoms with Gasteiger partial charge >= 0.3 is 0 Å². The fourth-order valence-corrected chi connectivity index (χ4v) is 3.09. The Kier molecular flexibility index (Phi) is 5.69. The van der Waals surface area contributed by atoms with E-state index in [4.69, 9.17) is 4.74 Å². The lowest BCUT2D eigenvalue weighted by Gasteiger charge is -2.17. The monoisotopic (exact) mass is 374 g/mol. The summed E-state index contributed by atoms with van der Waals surface area (Å²) in [6.45, 7) is 0.580. The lowest BCUT2D eigenvalue weighted by molar-refractivity contribution is -0.126. The van der Waals surface area contributed by atoms with Crippen LogP contribution < -0.4 is 15.0 Å². The summed E-state index contributed by atoms with van der Waals surface area (Å²) in [6, 6.07) is 10.8. The van der Waals surface area contributed by atoms with Crippen LogP contribution in [0.15, 0.2) is 42.5 Å². The number of benzene rings is 2. The first-order valence-electron chi connectivity index (χ1n) is 8.64. The Bertz CT molecular complexity index is 857. The van der Waals surface area contributed by atoms with Crippen molar-refractivity contribution in [1.82, 2.24) is 5.32 Å². The average molecular weight is 374 g/mol. The van der Waals surface area contributed by atoms with Crippen LogP contribution in [-0.4, -0.2) is 32.0 Å². The minimum Gasteiger partial charge on any atom is -0.497 e. The van der Waals surface area contributed by atoms with Gasteiger partial charge in [0.1, 0.15) is 5.75 Å². The Labute approximate surface area is 155 Å². The second kappa shape index (κ2) is 8.16. The van der Waals surface area contributed by atoms with E-state index in [2.05, 4.69) is 5.32 Å². The second-order valence-electron chi connectivity index (χ2n) is 6.40. The van der Waals surface area contributed by atoms with Gasteiger partial charge in [0.25, 0.3) is 0 Å². The first-order valence-corrected chi connectivity index (χ1v) is 8.64. The number of carbonyl (C=O) groups is 2. The normalized spacial score (nSPS) is 16.5. The Morgan fingerprint density at radius 3 is 2.78 bits per heavy atom. The van der Waals surface area contributed by atoms with Crippen molar-refractivity contribution < 1.29 is 23.1 Å². The van der Waals surface area contributed by atoms with Gasteiger partial charge in [-0.1, -0.05) is 12.1 Å². The Morgan fingerprint density at radius 1 is 1.22 bits per heavy atom. The molecule has 3 rings (SSSR count). The molecule has 27 heavy (non-hydrogen) atoms. The van der Waals surface area contributed by atoms with Crippen LogP contribution in [0.25, 0.3) is 0 Å². The molecule has 2 aromatic carbocycles. The van der Waals surface area contributed by atoms with Gasteiger partial charge in [-0.25, -0.2) is 8.78 Å². The summed E-state index contributed by atoms with van der Waals surface area (Å²) in [4.78, 5) is 25.8. The first-order chi connectivity index (χ1) is 13.0. The molecule has 1 aliphatic heterocycles. The SMILES string of the molecule is COc1cccc(CCNC(=O)C2CC(=O)N(c3ccc(F)c(F)c3)C2)c1. The Hall–Kier alpha value is -2.96. The maximum atomic E-state index is 13.4. The number of amides is 2. The van der Waals surface area contributed by atoms with Crippen molar-refractivity contribution in [2.75, 3.05) is 25.1 Å². The standard InChI is InChI=1S/C20H20F2N2O3/c1-27-16-4-2-3-13(9-16)7-8-23-20(26)14-10-19(25)24(12-14)15-5-6-17(21)18(22)11-15/h2-6,9,11,14H,7-8,10,12H2,1H3,(H,23,26). The van der Waals surface area contributed by atoms with Crippen LogP contribution in [0.1, 0.15) is 12.0 Å². The van der Waals surface area contributed by atoms with Gasteiger partial charge < -0.3 is 15.0 Å². The molecule has 1 heterocycles. The molecule has 0 aromatic heterocycles. The third-order valence-electron chi connectivity index (χ3n) is 4.56. The van der Waals surface area contributed by atoms with Crippen molar-refractivity contribution in [2.24, 2.45) is 5.92 Å². The number of hydrogen-bond acceptors (Lipinski definition) is 3. The summed E-state index contributed by atoms with van der Waals surface area (Å²) in [5.74, 6) is -2.27. The van der Waals surface area contributed by atoms with Crippen molar-refractivity contribution >= 4 is 17.5 Å². The number of ether oxygens (including phenoxy) is 1. The Balaban J connectivity index is 1.54. The molecule has 1 unspecified atom stereocenters. The van der Waals surface area contributed by atoms with Crippen molar-refractivity contribution in [3.63, 3.8) is 0 Å². The molecule has 0 radical (unpaired) electrons. The molecule has 2 amide bonds. The number of nitrogens with zero attached hydrogens (tertiary/aromatic N) is 1. The molecule has 7 heteroatoms. The number of methoxy groups -OCH3 is 1. The van der Waals surface area contributed by atoms with Crippen LogP contribution in [-0.2, 0) is 16.0 Å². The molecule has 1 fully saturated rings. The number of carbonyl (C=O) groups excluding carboxylic acids is 2. The van der Waals surface area contributed by atoms with Crippen molar-refractivity contribution in [2.45, 2.75) is 12.8 Å². The molecular weight excluding hydrogens is 354 g/mol. The largest absolute Gasteiger partial charge is 0.497 e. The lowest BCUT2D eigenvalue weighted by atomic mass is 10.1. The lowest BCUT2D eigenvalue weighted by Crippen LogP contribution is -2.34. The van der Waals surface area contributed by atoms with Crippen LogP contribution in [0, 0.1) is 17.6 Å². The van der Waals surface area contributed by atoms with Crippen molar-refractivity contribution in [3.8, 4) is 5.75 Å². The fourth-order valence-electron chi connectivity index (χ4n) is 3.09. The number of nitrogens with one attached hydrogen (secondary N) is 1. The topological polar surface area (TPSA) is 58.6 Å². The van der Waals surface area contributed by atoms with E-state index in [0.717, 1.165) is 23.4 Å². The smallest absolute Gasteiger partial charge is 0.227 e. The van der Waals surface area contributed by atoms with E-state index in [9.17, 15) is 18.4 Å². The molecule has 1 atom stereocenters. The number of halogens is 2. The van der Waals surface area contributed by atoms with Gasteiger partial charge in [0.2, 0.25) is 11.8 Å². The Morgan fingerprint density at radius 2 is 2.04 bits per heavy atom. The quantitative estimate of drug-likeness (QED) is 0.846. The average Bonchev–Trinajstić information content (AvgIpc) is 3.06. The van der Waals surface area contributed by atoms with Crippen LogP contribution in [0.2, 0.25) is 0 Å². The van der Waals surface area contributed by atoms with Crippen molar-refractivity contribution in [3.05, 3.63) is 59.7 Å². The van der Waals surface area contributed by atoms with Gasteiger partial charge in [0.05, 0.1) is 13.0 Å². The number of hydrogen-bond donors (Lipinski definition) is 1. The van der Waals surface area contributed by atoms with Crippen LogP contribution in [0.5, 0.6) is 5.75 Å². The summed E-state index contributed by atoms with van der Waals surface area (Å²) in [7, 11) is 1.59. The zero-order valence-electron chi connectivity index (χ0n) is 14.9. The highest BCUT2D eigenvalue weighted by Crippen LogP contribution is 2.26. The van der Waals surface area contributed by atoms with Gasteiger partial charge in [-0.05, 0) is 36.2 Å². The molecule has 0 aliphatic carbocycles. The molecule has 1 N–H and O–H groups in total. The van der Waals surface area contributed by atoms with E-state index in [1.54, 1.807) is 7.11 Å². The van der Waals surface area contributed by atoms with E-state index < -0.39 is 17.6 Å². The van der Waals surface area contributed by atoms with Gasteiger partial charge in [-0.2, -0.15) is 0 Å². The molecule has 1 aliphatic rings. The zero-order valence-corrected chi connectivity index (χ0v) is 14.9. The first kappa shape index (κ1) is 18.8. The molecule has 2 aromatic rings. The van der Waals surface area contributed by atoms with E-state index in [0.29, 0.717) is 13.0 Å². The fraction of sp³-hybridized carbons (Fsp3) is 0.300. The molecule has 5 nitrogen and oxygen atoms in total. The summed E-state index contributed by atoms with van der Waals surface area (Å²) in [5.41, 5.74) is 1.28. The molecule has 1 saturated heterocycles. The predicted molar refractivity (Wildman–Crippen MR) is 96.5 cm³/mol. The van der Waals surface area contributed by atoms with E-state index in [1.807, 2.05) is 24.3 Å². The molecule has 0 spiro atoms. The predicted octanol–water partition coefficient (Wildman–Crippen LogP) is 2.69. The van der Waals surface area contributed by atoms with Crippen LogP contribution >= 0.6 is 0 Å². The second-order valence-corrected chi connectivity index (χ2v) is 6.40. The summed E-state index contributed by atoms with van der Waals surface area (Å²) >= 11 is 0. The van der Waals surface area contributed by atoms with Crippen LogP contribution in [0.4, 0.5) is 14.5 Å². The minimum atomic E-state index is -1.02. The van der Waals surface area contributed by atoms with Crippen LogP contribution in [0.3, 0.4) is 0 Å². The van der Waals surface area contributed by atoms with E-state index in [1.165, 1.54) is 11.0 Å². The van der Waals surface area contributed by atoms with Gasteiger partial charge in [0.15, 0.2) is 11.6 Å². The zero-order chi connectivity index (χ0) is 19.4. The van der Waals surface area contributed by atoms with Gasteiger partial charge in [-0.15, -0.1) is 0 Å².